The second kappa shape index (κ2) is 5.47. The van der Waals surface area contributed by atoms with Gasteiger partial charge in [-0.1, -0.05) is 37.0 Å². The van der Waals surface area contributed by atoms with E-state index in [2.05, 4.69) is 24.1 Å². The van der Waals surface area contributed by atoms with Crippen molar-refractivity contribution in [1.82, 2.24) is 5.32 Å². The van der Waals surface area contributed by atoms with Crippen LogP contribution in [0.4, 0.5) is 5.69 Å². The Labute approximate surface area is 113 Å². The van der Waals surface area contributed by atoms with Crippen molar-refractivity contribution in [2.75, 3.05) is 18.0 Å². The second-order valence-corrected chi connectivity index (χ2v) is 5.75. The van der Waals surface area contributed by atoms with Crippen LogP contribution in [0.1, 0.15) is 20.3 Å². The minimum atomic E-state index is 0.530. The maximum atomic E-state index is 6.02. The van der Waals surface area contributed by atoms with Crippen molar-refractivity contribution in [2.24, 2.45) is 0 Å². The molecule has 0 aromatic heterocycles. The van der Waals surface area contributed by atoms with Crippen LogP contribution in [0.2, 0.25) is 10.0 Å². The first-order valence-corrected chi connectivity index (χ1v) is 6.77. The Morgan fingerprint density at radius 1 is 1.24 bits per heavy atom. The van der Waals surface area contributed by atoms with E-state index in [0.29, 0.717) is 22.1 Å². The second-order valence-electron chi connectivity index (χ2n) is 4.88. The van der Waals surface area contributed by atoms with E-state index in [1.165, 1.54) is 6.42 Å². The summed E-state index contributed by atoms with van der Waals surface area (Å²) in [5.74, 6) is 0. The Kier molecular flexibility index (Phi) is 4.18. The van der Waals surface area contributed by atoms with Crippen molar-refractivity contribution >= 4 is 28.9 Å². The molecule has 0 saturated carbocycles. The zero-order valence-electron chi connectivity index (χ0n) is 10.2. The van der Waals surface area contributed by atoms with Gasteiger partial charge < -0.3 is 10.2 Å². The van der Waals surface area contributed by atoms with Gasteiger partial charge >= 0.3 is 0 Å². The summed E-state index contributed by atoms with van der Waals surface area (Å²) in [6.45, 7) is 6.44. The molecule has 0 radical (unpaired) electrons. The van der Waals surface area contributed by atoms with E-state index in [4.69, 9.17) is 23.2 Å². The molecule has 2 nitrogen and oxygen atoms in total. The van der Waals surface area contributed by atoms with Gasteiger partial charge in [0.25, 0.3) is 0 Å². The molecule has 1 aromatic carbocycles. The number of benzene rings is 1. The lowest BCUT2D eigenvalue weighted by molar-refractivity contribution is 0.492. The summed E-state index contributed by atoms with van der Waals surface area (Å²) in [6.07, 6.45) is 1.17. The number of hydrogen-bond donors (Lipinski definition) is 1. The number of nitrogens with zero attached hydrogens (tertiary/aromatic N) is 1. The van der Waals surface area contributed by atoms with Crippen LogP contribution >= 0.6 is 23.2 Å². The maximum Gasteiger partial charge on any atom is 0.0441 e. The fourth-order valence-electron chi connectivity index (χ4n) is 2.32. The zero-order valence-corrected chi connectivity index (χ0v) is 11.7. The Bertz CT molecular complexity index is 373. The molecule has 2 rings (SSSR count). The molecule has 0 bridgehead atoms. The number of nitrogens with one attached hydrogen (secondary N) is 1. The molecule has 1 fully saturated rings. The molecule has 1 unspecified atom stereocenters. The molecule has 94 valence electrons. The molecule has 1 atom stereocenters. The highest BCUT2D eigenvalue weighted by atomic mass is 35.5. The molecular weight excluding hydrogens is 255 g/mol. The molecule has 1 heterocycles. The van der Waals surface area contributed by atoms with E-state index in [1.54, 1.807) is 6.07 Å². The van der Waals surface area contributed by atoms with E-state index in [9.17, 15) is 0 Å². The van der Waals surface area contributed by atoms with Gasteiger partial charge in [-0.2, -0.15) is 0 Å². The van der Waals surface area contributed by atoms with Gasteiger partial charge in [0.2, 0.25) is 0 Å². The maximum absolute atomic E-state index is 6.02. The fraction of sp³-hybridized carbons (Fsp3) is 0.538. The van der Waals surface area contributed by atoms with Crippen molar-refractivity contribution < 1.29 is 0 Å². The van der Waals surface area contributed by atoms with Crippen LogP contribution in [0.25, 0.3) is 0 Å². The quantitative estimate of drug-likeness (QED) is 0.905. The van der Waals surface area contributed by atoms with Gasteiger partial charge in [-0.25, -0.2) is 0 Å². The minimum Gasteiger partial charge on any atom is -0.370 e. The summed E-state index contributed by atoms with van der Waals surface area (Å²) >= 11 is 12.0. The predicted octanol–water partition coefficient (Wildman–Crippen LogP) is 3.57. The summed E-state index contributed by atoms with van der Waals surface area (Å²) in [5, 5.41) is 4.97. The van der Waals surface area contributed by atoms with Crippen LogP contribution in [-0.4, -0.2) is 25.2 Å². The van der Waals surface area contributed by atoms with Gasteiger partial charge in [0, 0.05) is 40.9 Å². The number of anilines is 1. The first kappa shape index (κ1) is 13.0. The summed E-state index contributed by atoms with van der Waals surface area (Å²) in [4.78, 5) is 2.33. The van der Waals surface area contributed by atoms with Crippen molar-refractivity contribution in [2.45, 2.75) is 32.4 Å². The Balaban J connectivity index is 2.04. The molecule has 17 heavy (non-hydrogen) atoms. The molecule has 1 aromatic rings. The van der Waals surface area contributed by atoms with Gasteiger partial charge in [-0.05, 0) is 24.6 Å². The third-order valence-electron chi connectivity index (χ3n) is 2.97. The normalized spacial score (nSPS) is 20.3. The van der Waals surface area contributed by atoms with Crippen molar-refractivity contribution in [3.8, 4) is 0 Å². The van der Waals surface area contributed by atoms with E-state index in [0.717, 1.165) is 18.8 Å². The standard InChI is InChI=1S/C13H18Cl2N2/c1-9(2)16-12-3-4-17(8-12)13-6-10(14)5-11(15)7-13/h5-7,9,12,16H,3-4,8H2,1-2H3. The number of rotatable bonds is 3. The molecule has 1 aliphatic rings. The molecule has 1 N–H and O–H groups in total. The minimum absolute atomic E-state index is 0.530. The summed E-state index contributed by atoms with van der Waals surface area (Å²) in [7, 11) is 0. The van der Waals surface area contributed by atoms with Crippen LogP contribution in [0.3, 0.4) is 0 Å². The van der Waals surface area contributed by atoms with Crippen molar-refractivity contribution in [1.29, 1.82) is 0 Å². The molecule has 4 heteroatoms. The average Bonchev–Trinajstić information content (AvgIpc) is 2.63. The molecule has 0 spiro atoms. The highest BCUT2D eigenvalue weighted by Gasteiger charge is 2.23. The first-order valence-electron chi connectivity index (χ1n) is 6.01. The summed E-state index contributed by atoms with van der Waals surface area (Å²) < 4.78 is 0. The molecule has 0 amide bonds. The number of hydrogen-bond acceptors (Lipinski definition) is 2. The molecule has 1 saturated heterocycles. The van der Waals surface area contributed by atoms with Gasteiger partial charge in [-0.3, -0.25) is 0 Å². The monoisotopic (exact) mass is 272 g/mol. The largest absolute Gasteiger partial charge is 0.370 e. The predicted molar refractivity (Wildman–Crippen MR) is 75.4 cm³/mol. The van der Waals surface area contributed by atoms with E-state index in [1.807, 2.05) is 12.1 Å². The summed E-state index contributed by atoms with van der Waals surface area (Å²) in [5.41, 5.74) is 1.12. The summed E-state index contributed by atoms with van der Waals surface area (Å²) in [6, 6.07) is 6.82. The zero-order chi connectivity index (χ0) is 12.4. The lowest BCUT2D eigenvalue weighted by Gasteiger charge is -2.20. The lowest BCUT2D eigenvalue weighted by Crippen LogP contribution is -2.37. The highest BCUT2D eigenvalue weighted by molar-refractivity contribution is 6.35. The van der Waals surface area contributed by atoms with Crippen LogP contribution in [0.5, 0.6) is 0 Å². The first-order chi connectivity index (χ1) is 8.04. The molecular formula is C13H18Cl2N2. The van der Waals surface area contributed by atoms with E-state index in [-0.39, 0.29) is 0 Å². The van der Waals surface area contributed by atoms with Crippen LogP contribution in [0, 0.1) is 0 Å². The smallest absolute Gasteiger partial charge is 0.0441 e. The Hall–Kier alpha value is -0.440. The number of halogens is 2. The van der Waals surface area contributed by atoms with Gasteiger partial charge in [-0.15, -0.1) is 0 Å². The molecule has 0 aliphatic carbocycles. The highest BCUT2D eigenvalue weighted by Crippen LogP contribution is 2.27. The van der Waals surface area contributed by atoms with Gasteiger partial charge in [0.15, 0.2) is 0 Å². The van der Waals surface area contributed by atoms with E-state index < -0.39 is 0 Å². The topological polar surface area (TPSA) is 15.3 Å². The third-order valence-corrected chi connectivity index (χ3v) is 3.41. The van der Waals surface area contributed by atoms with Gasteiger partial charge in [0.05, 0.1) is 0 Å². The fourth-order valence-corrected chi connectivity index (χ4v) is 2.84. The molecule has 1 aliphatic heterocycles. The van der Waals surface area contributed by atoms with E-state index >= 15 is 0 Å². The van der Waals surface area contributed by atoms with Crippen LogP contribution in [0.15, 0.2) is 18.2 Å². The third kappa shape index (κ3) is 3.51. The SMILES string of the molecule is CC(C)NC1CCN(c2cc(Cl)cc(Cl)c2)C1. The van der Waals surface area contributed by atoms with Crippen molar-refractivity contribution in [3.05, 3.63) is 28.2 Å². The van der Waals surface area contributed by atoms with Crippen LogP contribution < -0.4 is 10.2 Å². The average molecular weight is 273 g/mol. The Morgan fingerprint density at radius 2 is 1.88 bits per heavy atom. The Morgan fingerprint density at radius 3 is 2.47 bits per heavy atom. The van der Waals surface area contributed by atoms with Crippen molar-refractivity contribution in [3.63, 3.8) is 0 Å². The van der Waals surface area contributed by atoms with Crippen LogP contribution in [-0.2, 0) is 0 Å². The lowest BCUT2D eigenvalue weighted by atomic mass is 10.2. The van der Waals surface area contributed by atoms with Gasteiger partial charge in [0.1, 0.15) is 0 Å².